The fourth-order valence-corrected chi connectivity index (χ4v) is 1.04. The topological polar surface area (TPSA) is 155 Å². The predicted molar refractivity (Wildman–Crippen MR) is 51.3 cm³/mol. The molecule has 1 aromatic carbocycles. The lowest BCUT2D eigenvalue weighted by Gasteiger charge is -2.15. The van der Waals surface area contributed by atoms with E-state index < -0.39 is 0 Å². The van der Waals surface area contributed by atoms with Gasteiger partial charge in [0, 0.05) is 6.07 Å². The summed E-state index contributed by atoms with van der Waals surface area (Å²) in [5.41, 5.74) is 11.7. The maximum Gasteiger partial charge on any atom is 0.112 e. The van der Waals surface area contributed by atoms with E-state index in [0.717, 1.165) is 0 Å². The summed E-state index contributed by atoms with van der Waals surface area (Å²) in [6.07, 6.45) is 0. The summed E-state index contributed by atoms with van der Waals surface area (Å²) < 4.78 is 0. The number of hydrogen-bond donors (Lipinski definition) is 9. The van der Waals surface area contributed by atoms with Gasteiger partial charge < -0.3 is 5.73 Å². The van der Waals surface area contributed by atoms with Crippen LogP contribution in [-0.2, 0) is 0 Å². The Labute approximate surface area is 84.0 Å². The molecule has 0 amide bonds. The predicted octanol–water partition coefficient (Wildman–Crippen LogP) is 0.273. The van der Waals surface area contributed by atoms with E-state index in [1.807, 2.05) is 0 Å². The SMILES string of the molecule is Nc1c(NO)c(NO)[c]c(NO)c1NO. The first-order valence-electron chi connectivity index (χ1n) is 3.68. The molecule has 10 N–H and O–H groups in total. The summed E-state index contributed by atoms with van der Waals surface area (Å²) in [5.74, 6) is 0. The second-order valence-corrected chi connectivity index (χ2v) is 2.49. The van der Waals surface area contributed by atoms with Gasteiger partial charge in [0.2, 0.25) is 0 Å². The van der Waals surface area contributed by atoms with Gasteiger partial charge in [0.05, 0.1) is 17.1 Å². The van der Waals surface area contributed by atoms with Crippen LogP contribution < -0.4 is 27.7 Å². The molecule has 1 aromatic rings. The summed E-state index contributed by atoms with van der Waals surface area (Å²) in [6.45, 7) is 0. The van der Waals surface area contributed by atoms with Gasteiger partial charge in [-0.15, -0.1) is 0 Å². The van der Waals surface area contributed by atoms with Crippen LogP contribution in [0.4, 0.5) is 28.4 Å². The molecule has 0 unspecified atom stereocenters. The quantitative estimate of drug-likeness (QED) is 0.254. The highest BCUT2D eigenvalue weighted by Gasteiger charge is 2.15. The fraction of sp³-hybridized carbons (Fsp3) is 0. The minimum atomic E-state index is -0.146. The van der Waals surface area contributed by atoms with Gasteiger partial charge in [-0.2, -0.15) is 0 Å². The van der Waals surface area contributed by atoms with Crippen molar-refractivity contribution < 1.29 is 20.8 Å². The Morgan fingerprint density at radius 1 is 0.800 bits per heavy atom. The smallest absolute Gasteiger partial charge is 0.112 e. The molecule has 0 aromatic heterocycles. The highest BCUT2D eigenvalue weighted by Crippen LogP contribution is 2.39. The molecule has 1 radical (unpaired) electrons. The van der Waals surface area contributed by atoms with Crippen molar-refractivity contribution >= 4 is 28.4 Å². The van der Waals surface area contributed by atoms with E-state index in [1.54, 1.807) is 21.9 Å². The van der Waals surface area contributed by atoms with Crippen LogP contribution in [0.1, 0.15) is 0 Å². The molecule has 0 aliphatic rings. The number of hydrogen-bond acceptors (Lipinski definition) is 9. The van der Waals surface area contributed by atoms with E-state index in [4.69, 9.17) is 26.6 Å². The maximum absolute atomic E-state index is 8.72. The molecule has 0 bridgehead atoms. The van der Waals surface area contributed by atoms with Crippen LogP contribution in [0.25, 0.3) is 0 Å². The lowest BCUT2D eigenvalue weighted by atomic mass is 10.1. The van der Waals surface area contributed by atoms with E-state index in [2.05, 4.69) is 6.07 Å². The zero-order valence-corrected chi connectivity index (χ0v) is 7.37. The minimum Gasteiger partial charge on any atom is -0.395 e. The highest BCUT2D eigenvalue weighted by atomic mass is 16.5. The number of nitrogens with one attached hydrogen (secondary N) is 4. The highest BCUT2D eigenvalue weighted by molar-refractivity contribution is 5.95. The normalized spacial score (nSPS) is 9.60. The van der Waals surface area contributed by atoms with Crippen LogP contribution in [0.5, 0.6) is 0 Å². The van der Waals surface area contributed by atoms with Crippen molar-refractivity contribution in [2.24, 2.45) is 0 Å². The summed E-state index contributed by atoms with van der Waals surface area (Å²) >= 11 is 0. The second kappa shape index (κ2) is 4.52. The summed E-state index contributed by atoms with van der Waals surface area (Å²) in [5, 5.41) is 34.8. The molecule has 0 saturated carbocycles. The molecular formula is C6H10N5O4. The van der Waals surface area contributed by atoms with Gasteiger partial charge in [-0.1, -0.05) is 0 Å². The Bertz CT molecular complexity index is 328. The van der Waals surface area contributed by atoms with Gasteiger partial charge in [-0.25, -0.2) is 0 Å². The van der Waals surface area contributed by atoms with Crippen molar-refractivity contribution in [1.82, 2.24) is 0 Å². The van der Waals surface area contributed by atoms with Crippen molar-refractivity contribution in [3.05, 3.63) is 6.07 Å². The average Bonchev–Trinajstić information content (AvgIpc) is 2.27. The van der Waals surface area contributed by atoms with Gasteiger partial charge in [0.15, 0.2) is 0 Å². The molecule has 0 aliphatic carbocycles. The Kier molecular flexibility index (Phi) is 3.36. The maximum atomic E-state index is 8.72. The van der Waals surface area contributed by atoms with E-state index in [9.17, 15) is 0 Å². The minimum absolute atomic E-state index is 0.118. The van der Waals surface area contributed by atoms with E-state index >= 15 is 0 Å². The molecule has 0 atom stereocenters. The van der Waals surface area contributed by atoms with Crippen molar-refractivity contribution in [2.75, 3.05) is 27.7 Å². The molecule has 15 heavy (non-hydrogen) atoms. The first-order chi connectivity index (χ1) is 7.19. The summed E-state index contributed by atoms with van der Waals surface area (Å²) in [7, 11) is 0. The van der Waals surface area contributed by atoms with E-state index in [1.165, 1.54) is 0 Å². The number of nitrogens with two attached hydrogens (primary N) is 1. The molecular weight excluding hydrogens is 206 g/mol. The molecule has 9 nitrogen and oxygen atoms in total. The number of rotatable bonds is 4. The average molecular weight is 216 g/mol. The third kappa shape index (κ3) is 1.80. The Morgan fingerprint density at radius 2 is 1.20 bits per heavy atom. The van der Waals surface area contributed by atoms with Gasteiger partial charge in [0.25, 0.3) is 0 Å². The Morgan fingerprint density at radius 3 is 1.47 bits per heavy atom. The van der Waals surface area contributed by atoms with Crippen LogP contribution in [0, 0.1) is 6.07 Å². The van der Waals surface area contributed by atoms with Crippen LogP contribution in [-0.4, -0.2) is 20.8 Å². The first kappa shape index (κ1) is 11.1. The van der Waals surface area contributed by atoms with Gasteiger partial charge >= 0.3 is 0 Å². The molecule has 1 rings (SSSR count). The van der Waals surface area contributed by atoms with Crippen LogP contribution in [0.2, 0.25) is 0 Å². The Hall–Kier alpha value is -1.94. The van der Waals surface area contributed by atoms with Crippen molar-refractivity contribution in [3.63, 3.8) is 0 Å². The number of benzene rings is 1. The van der Waals surface area contributed by atoms with Gasteiger partial charge in [-0.3, -0.25) is 42.7 Å². The lowest BCUT2D eigenvalue weighted by Crippen LogP contribution is -2.08. The number of anilines is 5. The lowest BCUT2D eigenvalue weighted by molar-refractivity contribution is 0.373. The largest absolute Gasteiger partial charge is 0.395 e. The Balaban J connectivity index is 3.41. The van der Waals surface area contributed by atoms with E-state index in [-0.39, 0.29) is 28.4 Å². The molecule has 83 valence electrons. The van der Waals surface area contributed by atoms with Crippen molar-refractivity contribution in [2.45, 2.75) is 0 Å². The summed E-state index contributed by atoms with van der Waals surface area (Å²) in [6, 6.07) is 2.38. The van der Waals surface area contributed by atoms with Crippen LogP contribution in [0.15, 0.2) is 0 Å². The number of nitrogen functional groups attached to an aromatic ring is 1. The van der Waals surface area contributed by atoms with Gasteiger partial charge in [0.1, 0.15) is 11.4 Å². The molecule has 0 aliphatic heterocycles. The van der Waals surface area contributed by atoms with Crippen molar-refractivity contribution in [3.8, 4) is 0 Å². The molecule has 0 heterocycles. The fourth-order valence-electron chi connectivity index (χ4n) is 1.04. The third-order valence-electron chi connectivity index (χ3n) is 1.74. The zero-order chi connectivity index (χ0) is 11.4. The first-order valence-corrected chi connectivity index (χ1v) is 3.68. The van der Waals surface area contributed by atoms with E-state index in [0.29, 0.717) is 0 Å². The van der Waals surface area contributed by atoms with Crippen LogP contribution >= 0.6 is 0 Å². The summed E-state index contributed by atoms with van der Waals surface area (Å²) in [4.78, 5) is 0. The molecule has 0 spiro atoms. The van der Waals surface area contributed by atoms with Gasteiger partial charge in [-0.05, 0) is 0 Å². The third-order valence-corrected chi connectivity index (χ3v) is 1.74. The second-order valence-electron chi connectivity index (χ2n) is 2.49. The monoisotopic (exact) mass is 216 g/mol. The molecule has 9 heteroatoms. The van der Waals surface area contributed by atoms with Crippen molar-refractivity contribution in [1.29, 1.82) is 0 Å². The standard InChI is InChI=1S/C6H10N5O4/c7-4-5(10-14)2(8-12)1-3(9-13)6(4)11-15/h8-15H,7H2. The van der Waals surface area contributed by atoms with Crippen LogP contribution in [0.3, 0.4) is 0 Å². The molecule has 0 fully saturated rings. The zero-order valence-electron chi connectivity index (χ0n) is 7.37. The molecule has 0 saturated heterocycles.